The number of amides is 1. The standard InChI is InChI=1S/C21H16ClF3N4O2/c1-12(16-6-3-7-17-19(16)27-11-31-17)20(30)26-10-15-9-18(21(23,24)25)28-29(15)14-5-2-4-13(22)8-14/h2-9,11-12H,10H2,1H3,(H,26,30). The van der Waals surface area contributed by atoms with Gasteiger partial charge in [-0.05, 0) is 42.8 Å². The third-order valence-electron chi connectivity index (χ3n) is 4.82. The highest BCUT2D eigenvalue weighted by Gasteiger charge is 2.35. The molecule has 6 nitrogen and oxygen atoms in total. The van der Waals surface area contributed by atoms with Crippen molar-refractivity contribution < 1.29 is 22.4 Å². The lowest BCUT2D eigenvalue weighted by molar-refractivity contribution is -0.141. The number of benzene rings is 2. The monoisotopic (exact) mass is 448 g/mol. The van der Waals surface area contributed by atoms with Gasteiger partial charge < -0.3 is 9.73 Å². The van der Waals surface area contributed by atoms with E-state index in [-0.39, 0.29) is 18.1 Å². The predicted octanol–water partition coefficient (Wildman–Crippen LogP) is 5.11. The SMILES string of the molecule is CC(C(=O)NCc1cc(C(F)(F)F)nn1-c1cccc(Cl)c1)c1cccc2ocnc12. The number of aromatic nitrogens is 3. The molecule has 0 fully saturated rings. The van der Waals surface area contributed by atoms with Crippen LogP contribution in [0.2, 0.25) is 5.02 Å². The Kier molecular flexibility index (Phi) is 5.45. The van der Waals surface area contributed by atoms with Gasteiger partial charge in [-0.25, -0.2) is 9.67 Å². The molecule has 0 aliphatic rings. The summed E-state index contributed by atoms with van der Waals surface area (Å²) >= 11 is 5.97. The highest BCUT2D eigenvalue weighted by Crippen LogP contribution is 2.30. The lowest BCUT2D eigenvalue weighted by Crippen LogP contribution is -2.28. The van der Waals surface area contributed by atoms with Crippen molar-refractivity contribution in [2.75, 3.05) is 0 Å². The maximum Gasteiger partial charge on any atom is 0.435 e. The minimum absolute atomic E-state index is 0.159. The lowest BCUT2D eigenvalue weighted by atomic mass is 9.99. The van der Waals surface area contributed by atoms with Gasteiger partial charge in [-0.2, -0.15) is 18.3 Å². The summed E-state index contributed by atoms with van der Waals surface area (Å²) in [6.45, 7) is 1.53. The number of fused-ring (bicyclic) bond motifs is 1. The molecule has 160 valence electrons. The topological polar surface area (TPSA) is 73.0 Å². The Morgan fingerprint density at radius 2 is 2.00 bits per heavy atom. The van der Waals surface area contributed by atoms with Gasteiger partial charge in [-0.3, -0.25) is 4.79 Å². The van der Waals surface area contributed by atoms with Crippen molar-refractivity contribution in [1.29, 1.82) is 0 Å². The molecule has 31 heavy (non-hydrogen) atoms. The molecule has 0 bridgehead atoms. The van der Waals surface area contributed by atoms with Crippen molar-refractivity contribution in [3.8, 4) is 5.69 Å². The van der Waals surface area contributed by atoms with Crippen LogP contribution in [0.3, 0.4) is 0 Å². The van der Waals surface area contributed by atoms with Gasteiger partial charge in [0.2, 0.25) is 5.91 Å². The van der Waals surface area contributed by atoms with E-state index in [0.29, 0.717) is 27.4 Å². The molecule has 2 heterocycles. The summed E-state index contributed by atoms with van der Waals surface area (Å²) in [6.07, 6.45) is -3.33. The summed E-state index contributed by atoms with van der Waals surface area (Å²) in [7, 11) is 0. The quantitative estimate of drug-likeness (QED) is 0.460. The molecule has 0 saturated heterocycles. The molecule has 1 atom stereocenters. The number of alkyl halides is 3. The Hall–Kier alpha value is -3.33. The van der Waals surface area contributed by atoms with Crippen molar-refractivity contribution >= 4 is 28.6 Å². The number of hydrogen-bond acceptors (Lipinski definition) is 4. The average molecular weight is 449 g/mol. The first-order valence-electron chi connectivity index (χ1n) is 9.26. The van der Waals surface area contributed by atoms with Crippen molar-refractivity contribution in [2.45, 2.75) is 25.6 Å². The second kappa shape index (κ2) is 8.07. The Labute approximate surface area is 179 Å². The second-order valence-corrected chi connectivity index (χ2v) is 7.33. The largest absolute Gasteiger partial charge is 0.443 e. The molecule has 1 unspecified atom stereocenters. The molecule has 1 amide bonds. The summed E-state index contributed by atoms with van der Waals surface area (Å²) in [5.41, 5.74) is 1.22. The van der Waals surface area contributed by atoms with Crippen LogP contribution in [0.5, 0.6) is 0 Å². The van der Waals surface area contributed by atoms with Crippen LogP contribution in [-0.2, 0) is 17.5 Å². The van der Waals surface area contributed by atoms with E-state index in [0.717, 1.165) is 10.7 Å². The van der Waals surface area contributed by atoms with Gasteiger partial charge in [-0.15, -0.1) is 0 Å². The van der Waals surface area contributed by atoms with Crippen LogP contribution in [0.1, 0.15) is 29.8 Å². The second-order valence-electron chi connectivity index (χ2n) is 6.90. The van der Waals surface area contributed by atoms with E-state index in [1.54, 1.807) is 43.3 Å². The summed E-state index contributed by atoms with van der Waals surface area (Å²) in [5.74, 6) is -0.971. The van der Waals surface area contributed by atoms with Gasteiger partial charge in [0.1, 0.15) is 5.52 Å². The highest BCUT2D eigenvalue weighted by molar-refractivity contribution is 6.30. The van der Waals surface area contributed by atoms with Gasteiger partial charge >= 0.3 is 6.18 Å². The summed E-state index contributed by atoms with van der Waals surface area (Å²) in [4.78, 5) is 16.9. The number of nitrogens with zero attached hydrogens (tertiary/aromatic N) is 3. The molecule has 10 heteroatoms. The molecule has 4 aromatic rings. The molecular formula is C21H16ClF3N4O2. The smallest absolute Gasteiger partial charge is 0.435 e. The third-order valence-corrected chi connectivity index (χ3v) is 5.06. The highest BCUT2D eigenvalue weighted by atomic mass is 35.5. The minimum Gasteiger partial charge on any atom is -0.443 e. The first-order valence-corrected chi connectivity index (χ1v) is 9.64. The lowest BCUT2D eigenvalue weighted by Gasteiger charge is -2.14. The fraction of sp³-hybridized carbons (Fsp3) is 0.190. The third kappa shape index (κ3) is 4.27. The van der Waals surface area contributed by atoms with E-state index in [2.05, 4.69) is 15.4 Å². The first-order chi connectivity index (χ1) is 14.7. The van der Waals surface area contributed by atoms with Crippen molar-refractivity contribution in [3.05, 3.63) is 76.9 Å². The molecular weight excluding hydrogens is 433 g/mol. The number of para-hydroxylation sites is 1. The Morgan fingerprint density at radius 3 is 2.74 bits per heavy atom. The van der Waals surface area contributed by atoms with Crippen LogP contribution < -0.4 is 5.32 Å². The van der Waals surface area contributed by atoms with Gasteiger partial charge in [-0.1, -0.05) is 29.8 Å². The zero-order valence-corrected chi connectivity index (χ0v) is 16.9. The Bertz CT molecular complexity index is 1250. The van der Waals surface area contributed by atoms with E-state index < -0.39 is 17.8 Å². The fourth-order valence-corrected chi connectivity index (χ4v) is 3.43. The minimum atomic E-state index is -4.63. The molecule has 2 aromatic heterocycles. The van der Waals surface area contributed by atoms with Crippen LogP contribution in [0.25, 0.3) is 16.8 Å². The van der Waals surface area contributed by atoms with E-state index >= 15 is 0 Å². The predicted molar refractivity (Wildman–Crippen MR) is 108 cm³/mol. The summed E-state index contributed by atoms with van der Waals surface area (Å²) < 4.78 is 46.1. The van der Waals surface area contributed by atoms with Crippen LogP contribution >= 0.6 is 11.6 Å². The summed E-state index contributed by atoms with van der Waals surface area (Å²) in [6, 6.07) is 12.4. The molecule has 1 N–H and O–H groups in total. The number of carbonyl (C=O) groups excluding carboxylic acids is 1. The van der Waals surface area contributed by atoms with E-state index in [1.807, 2.05) is 0 Å². The van der Waals surface area contributed by atoms with Gasteiger partial charge in [0.15, 0.2) is 17.7 Å². The molecule has 0 radical (unpaired) electrons. The Morgan fingerprint density at radius 1 is 1.23 bits per heavy atom. The van der Waals surface area contributed by atoms with E-state index in [4.69, 9.17) is 16.0 Å². The van der Waals surface area contributed by atoms with Crippen molar-refractivity contribution in [3.63, 3.8) is 0 Å². The Balaban J connectivity index is 1.59. The number of halogens is 4. The number of rotatable bonds is 5. The zero-order valence-electron chi connectivity index (χ0n) is 16.2. The number of hydrogen-bond donors (Lipinski definition) is 1. The number of carbonyl (C=O) groups is 1. The van der Waals surface area contributed by atoms with Crippen LogP contribution in [0, 0.1) is 0 Å². The average Bonchev–Trinajstić information content (AvgIpc) is 3.38. The van der Waals surface area contributed by atoms with Gasteiger partial charge in [0.25, 0.3) is 0 Å². The van der Waals surface area contributed by atoms with E-state index in [1.165, 1.54) is 12.5 Å². The van der Waals surface area contributed by atoms with Gasteiger partial charge in [0.05, 0.1) is 23.8 Å². The molecule has 0 aliphatic carbocycles. The molecule has 2 aromatic carbocycles. The van der Waals surface area contributed by atoms with Gasteiger partial charge in [0, 0.05) is 5.02 Å². The van der Waals surface area contributed by atoms with Crippen LogP contribution in [0.15, 0.2) is 59.3 Å². The van der Waals surface area contributed by atoms with E-state index in [9.17, 15) is 18.0 Å². The molecule has 0 aliphatic heterocycles. The van der Waals surface area contributed by atoms with Crippen molar-refractivity contribution in [1.82, 2.24) is 20.1 Å². The number of oxazole rings is 1. The summed E-state index contributed by atoms with van der Waals surface area (Å²) in [5, 5.41) is 6.70. The van der Waals surface area contributed by atoms with Crippen molar-refractivity contribution in [2.24, 2.45) is 0 Å². The molecule has 0 spiro atoms. The molecule has 0 saturated carbocycles. The fourth-order valence-electron chi connectivity index (χ4n) is 3.25. The first kappa shape index (κ1) is 20.9. The normalized spacial score (nSPS) is 12.8. The zero-order chi connectivity index (χ0) is 22.2. The maximum absolute atomic E-state index is 13.2. The number of nitrogens with one attached hydrogen (secondary N) is 1. The van der Waals surface area contributed by atoms with Crippen LogP contribution in [-0.4, -0.2) is 20.7 Å². The molecule has 4 rings (SSSR count). The maximum atomic E-state index is 13.2. The van der Waals surface area contributed by atoms with Crippen LogP contribution in [0.4, 0.5) is 13.2 Å².